The van der Waals surface area contributed by atoms with Gasteiger partial charge >= 0.3 is 0 Å². The summed E-state index contributed by atoms with van der Waals surface area (Å²) in [6, 6.07) is 69.4. The Morgan fingerprint density at radius 3 is 1.91 bits per heavy atom. The predicted octanol–water partition coefficient (Wildman–Crippen LogP) is 14.8. The van der Waals surface area contributed by atoms with Gasteiger partial charge in [-0.2, -0.15) is 0 Å². The van der Waals surface area contributed by atoms with E-state index < -0.39 is 0 Å². The number of hydrogen-bond acceptors (Lipinski definition) is 1. The topological polar surface area (TPSA) is 8.17 Å². The van der Waals surface area contributed by atoms with Crippen LogP contribution in [0.25, 0.3) is 71.3 Å². The average molecular weight is 717 g/mol. The molecule has 56 heavy (non-hydrogen) atoms. The first-order valence-corrected chi connectivity index (χ1v) is 19.6. The normalized spacial score (nSPS) is 13.1. The summed E-state index contributed by atoms with van der Waals surface area (Å²) in [4.78, 5) is 2.47. The number of fused-ring (bicyclic) bond motifs is 9. The molecule has 10 aromatic rings. The summed E-state index contributed by atoms with van der Waals surface area (Å²) in [5.74, 6) is 0. The zero-order valence-electron chi connectivity index (χ0n) is 31.8. The summed E-state index contributed by atoms with van der Waals surface area (Å²) in [5.41, 5.74) is 16.0. The minimum Gasteiger partial charge on any atom is -0.309 e. The third-order valence-electron chi connectivity index (χ3n) is 12.2. The Morgan fingerprint density at radius 2 is 1.11 bits per heavy atom. The van der Waals surface area contributed by atoms with Crippen LogP contribution in [0.1, 0.15) is 30.5 Å². The minimum absolute atomic E-state index is 0.254. The maximum Gasteiger partial charge on any atom is 0.0543 e. The standard InChI is InChI=1S/C54H40N2/c1-35-25-29-50-45(31-35)46-32-38(36-15-6-4-7-16-36)26-30-51(46)56(50)40-27-28-44-47(33-40)54(2,3)48-34-52(42-22-12-13-23-43(42)53(44)48)55(39-19-8-5-9-20-39)49-24-14-18-37-17-10-11-21-41(37)49/h4-34H,1-3H3. The Morgan fingerprint density at radius 1 is 0.446 bits per heavy atom. The van der Waals surface area contributed by atoms with Gasteiger partial charge in [-0.1, -0.05) is 147 Å². The van der Waals surface area contributed by atoms with Crippen LogP contribution in [0.4, 0.5) is 17.1 Å². The molecule has 0 aliphatic heterocycles. The van der Waals surface area contributed by atoms with Gasteiger partial charge in [-0.05, 0) is 112 Å². The van der Waals surface area contributed by atoms with Gasteiger partial charge in [0.15, 0.2) is 0 Å². The Hall–Kier alpha value is -6.90. The fraction of sp³-hybridized carbons (Fsp3) is 0.0741. The summed E-state index contributed by atoms with van der Waals surface area (Å²) in [7, 11) is 0. The van der Waals surface area contributed by atoms with E-state index in [-0.39, 0.29) is 5.41 Å². The van der Waals surface area contributed by atoms with E-state index in [1.165, 1.54) is 99.4 Å². The zero-order valence-corrected chi connectivity index (χ0v) is 31.8. The van der Waals surface area contributed by atoms with E-state index in [2.05, 4.69) is 218 Å². The van der Waals surface area contributed by atoms with Crippen molar-refractivity contribution in [2.45, 2.75) is 26.2 Å². The van der Waals surface area contributed by atoms with Crippen molar-refractivity contribution in [1.29, 1.82) is 0 Å². The highest BCUT2D eigenvalue weighted by Gasteiger charge is 2.38. The Kier molecular flexibility index (Phi) is 7.15. The summed E-state index contributed by atoms with van der Waals surface area (Å²) in [5, 5.41) is 7.54. The van der Waals surface area contributed by atoms with Gasteiger partial charge < -0.3 is 9.47 Å². The number of para-hydroxylation sites is 1. The van der Waals surface area contributed by atoms with E-state index in [9.17, 15) is 0 Å². The van der Waals surface area contributed by atoms with Crippen molar-refractivity contribution in [3.63, 3.8) is 0 Å². The second-order valence-corrected chi connectivity index (χ2v) is 15.8. The molecule has 0 unspecified atom stereocenters. The van der Waals surface area contributed by atoms with Gasteiger partial charge in [0.25, 0.3) is 0 Å². The van der Waals surface area contributed by atoms with E-state index in [1.54, 1.807) is 0 Å². The summed E-state index contributed by atoms with van der Waals surface area (Å²) >= 11 is 0. The van der Waals surface area contributed by atoms with Gasteiger partial charge in [0, 0.05) is 38.3 Å². The molecule has 2 heteroatoms. The molecule has 0 spiro atoms. The van der Waals surface area contributed by atoms with Gasteiger partial charge in [-0.3, -0.25) is 0 Å². The lowest BCUT2D eigenvalue weighted by Crippen LogP contribution is -2.17. The molecule has 0 N–H and O–H groups in total. The lowest BCUT2D eigenvalue weighted by atomic mass is 9.81. The van der Waals surface area contributed by atoms with E-state index in [1.807, 2.05) is 0 Å². The van der Waals surface area contributed by atoms with Crippen LogP contribution in [0.2, 0.25) is 0 Å². The van der Waals surface area contributed by atoms with Gasteiger partial charge in [-0.25, -0.2) is 0 Å². The molecule has 0 atom stereocenters. The van der Waals surface area contributed by atoms with Gasteiger partial charge in [0.2, 0.25) is 0 Å². The minimum atomic E-state index is -0.254. The van der Waals surface area contributed by atoms with Crippen LogP contribution in [0.3, 0.4) is 0 Å². The second-order valence-electron chi connectivity index (χ2n) is 15.8. The SMILES string of the molecule is Cc1ccc2c(c1)c1cc(-c3ccccc3)ccc1n2-c1ccc2c(c1)C(C)(C)c1cc(N(c3ccccc3)c3cccc4ccccc34)c3ccccc3c1-2. The smallest absolute Gasteiger partial charge is 0.0543 e. The van der Waals surface area contributed by atoms with Crippen LogP contribution in [0, 0.1) is 6.92 Å². The molecule has 0 saturated carbocycles. The average Bonchev–Trinajstić information content (AvgIpc) is 3.68. The molecule has 0 fully saturated rings. The molecule has 0 amide bonds. The molecular formula is C54H40N2. The monoisotopic (exact) mass is 716 g/mol. The lowest BCUT2D eigenvalue weighted by molar-refractivity contribution is 0.660. The first-order valence-electron chi connectivity index (χ1n) is 19.6. The highest BCUT2D eigenvalue weighted by atomic mass is 15.1. The molecule has 1 aliphatic rings. The predicted molar refractivity (Wildman–Crippen MR) is 238 cm³/mol. The van der Waals surface area contributed by atoms with Crippen LogP contribution in [0.15, 0.2) is 188 Å². The van der Waals surface area contributed by atoms with E-state index >= 15 is 0 Å². The number of aromatic nitrogens is 1. The summed E-state index contributed by atoms with van der Waals surface area (Å²) in [6.45, 7) is 7.01. The first kappa shape index (κ1) is 32.5. The molecule has 9 aromatic carbocycles. The molecule has 266 valence electrons. The highest BCUT2D eigenvalue weighted by Crippen LogP contribution is 2.55. The number of rotatable bonds is 5. The highest BCUT2D eigenvalue weighted by molar-refractivity contribution is 6.13. The molecule has 1 heterocycles. The van der Waals surface area contributed by atoms with Crippen molar-refractivity contribution in [3.8, 4) is 27.9 Å². The fourth-order valence-electron chi connectivity index (χ4n) is 9.49. The molecule has 0 saturated heterocycles. The first-order chi connectivity index (χ1) is 27.5. The third kappa shape index (κ3) is 4.82. The van der Waals surface area contributed by atoms with Crippen LogP contribution in [-0.4, -0.2) is 4.57 Å². The quantitative estimate of drug-likeness (QED) is 0.172. The van der Waals surface area contributed by atoms with Crippen molar-refractivity contribution < 1.29 is 0 Å². The number of aryl methyl sites for hydroxylation is 1. The molecule has 1 aromatic heterocycles. The van der Waals surface area contributed by atoms with Crippen LogP contribution in [-0.2, 0) is 5.41 Å². The number of nitrogens with zero attached hydrogens (tertiary/aromatic N) is 2. The summed E-state index contributed by atoms with van der Waals surface area (Å²) in [6.07, 6.45) is 0. The summed E-state index contributed by atoms with van der Waals surface area (Å²) < 4.78 is 2.47. The maximum absolute atomic E-state index is 2.49. The van der Waals surface area contributed by atoms with Crippen molar-refractivity contribution in [2.75, 3.05) is 4.90 Å². The number of anilines is 3. The maximum atomic E-state index is 2.49. The van der Waals surface area contributed by atoms with Gasteiger partial charge in [0.1, 0.15) is 0 Å². The van der Waals surface area contributed by atoms with Crippen molar-refractivity contribution >= 4 is 60.4 Å². The third-order valence-corrected chi connectivity index (χ3v) is 12.2. The van der Waals surface area contributed by atoms with Crippen LogP contribution in [0.5, 0.6) is 0 Å². The number of benzene rings is 9. The molecular weight excluding hydrogens is 677 g/mol. The van der Waals surface area contributed by atoms with E-state index in [0.29, 0.717) is 0 Å². The molecule has 11 rings (SSSR count). The van der Waals surface area contributed by atoms with Gasteiger partial charge in [-0.15, -0.1) is 0 Å². The van der Waals surface area contributed by atoms with Crippen LogP contribution < -0.4 is 4.90 Å². The van der Waals surface area contributed by atoms with Gasteiger partial charge in [0.05, 0.1) is 22.4 Å². The Labute approximate surface area is 327 Å². The second kappa shape index (κ2) is 12.3. The Bertz CT molecular complexity index is 3160. The number of hydrogen-bond donors (Lipinski definition) is 0. The van der Waals surface area contributed by atoms with Crippen molar-refractivity contribution in [2.24, 2.45) is 0 Å². The molecule has 1 aliphatic carbocycles. The van der Waals surface area contributed by atoms with Crippen LogP contribution >= 0.6 is 0 Å². The zero-order chi connectivity index (χ0) is 37.5. The van der Waals surface area contributed by atoms with E-state index in [0.717, 1.165) is 5.69 Å². The molecule has 0 bridgehead atoms. The molecule has 2 nitrogen and oxygen atoms in total. The van der Waals surface area contributed by atoms with E-state index in [4.69, 9.17) is 0 Å². The van der Waals surface area contributed by atoms with Crippen molar-refractivity contribution in [1.82, 2.24) is 4.57 Å². The lowest BCUT2D eigenvalue weighted by Gasteiger charge is -2.30. The molecule has 0 radical (unpaired) electrons. The fourth-order valence-corrected chi connectivity index (χ4v) is 9.49. The largest absolute Gasteiger partial charge is 0.309 e. The Balaban J connectivity index is 1.13. The van der Waals surface area contributed by atoms with Crippen molar-refractivity contribution in [3.05, 3.63) is 205 Å².